The fourth-order valence-electron chi connectivity index (χ4n) is 2.68. The first-order valence-electron chi connectivity index (χ1n) is 7.27. The van der Waals surface area contributed by atoms with Crippen molar-refractivity contribution in [1.29, 1.82) is 0 Å². The van der Waals surface area contributed by atoms with Crippen LogP contribution in [-0.2, 0) is 0 Å². The van der Waals surface area contributed by atoms with Gasteiger partial charge < -0.3 is 10.6 Å². The Kier molecular flexibility index (Phi) is 3.59. The van der Waals surface area contributed by atoms with Crippen molar-refractivity contribution in [3.8, 4) is 0 Å². The van der Waals surface area contributed by atoms with Gasteiger partial charge in [-0.15, -0.1) is 5.10 Å². The van der Waals surface area contributed by atoms with E-state index in [0.717, 1.165) is 30.9 Å². The number of amides is 1. The van der Waals surface area contributed by atoms with E-state index in [1.165, 1.54) is 0 Å². The SMILES string of the molecule is Cc1cc(C)n2nc(C(=O)NC3CNCCC3C)nc2n1. The van der Waals surface area contributed by atoms with E-state index in [1.54, 1.807) is 4.52 Å². The molecular weight excluding hydrogens is 268 g/mol. The Hall–Kier alpha value is -2.02. The molecule has 2 aromatic rings. The summed E-state index contributed by atoms with van der Waals surface area (Å²) in [6, 6.07) is 2.03. The highest BCUT2D eigenvalue weighted by molar-refractivity contribution is 5.91. The van der Waals surface area contributed by atoms with Crippen LogP contribution in [-0.4, -0.2) is 44.6 Å². The molecule has 2 aromatic heterocycles. The third-order valence-corrected chi connectivity index (χ3v) is 3.97. The van der Waals surface area contributed by atoms with E-state index in [9.17, 15) is 4.79 Å². The molecule has 0 bridgehead atoms. The van der Waals surface area contributed by atoms with Crippen LogP contribution in [0.4, 0.5) is 0 Å². The molecule has 2 atom stereocenters. The highest BCUT2D eigenvalue weighted by Crippen LogP contribution is 2.12. The van der Waals surface area contributed by atoms with Crippen molar-refractivity contribution >= 4 is 11.7 Å². The van der Waals surface area contributed by atoms with Gasteiger partial charge >= 0.3 is 0 Å². The van der Waals surface area contributed by atoms with Crippen molar-refractivity contribution in [3.05, 3.63) is 23.3 Å². The standard InChI is InChI=1S/C14H20N6O/c1-8-4-5-15-7-11(8)17-13(21)12-18-14-16-9(2)6-10(3)20(14)19-12/h6,8,11,15H,4-5,7H2,1-3H3,(H,17,21). The third kappa shape index (κ3) is 2.73. The largest absolute Gasteiger partial charge is 0.345 e. The maximum atomic E-state index is 12.3. The summed E-state index contributed by atoms with van der Waals surface area (Å²) in [7, 11) is 0. The molecule has 3 heterocycles. The molecule has 0 spiro atoms. The number of carbonyl (C=O) groups is 1. The van der Waals surface area contributed by atoms with Crippen molar-refractivity contribution in [2.45, 2.75) is 33.2 Å². The molecule has 0 saturated carbocycles. The minimum Gasteiger partial charge on any atom is -0.345 e. The molecule has 7 nitrogen and oxygen atoms in total. The van der Waals surface area contributed by atoms with Crippen LogP contribution in [0.5, 0.6) is 0 Å². The summed E-state index contributed by atoms with van der Waals surface area (Å²) in [6.07, 6.45) is 1.06. The van der Waals surface area contributed by atoms with Gasteiger partial charge in [0.1, 0.15) is 0 Å². The van der Waals surface area contributed by atoms with E-state index in [4.69, 9.17) is 0 Å². The topological polar surface area (TPSA) is 84.2 Å². The van der Waals surface area contributed by atoms with Crippen LogP contribution in [0.1, 0.15) is 35.4 Å². The minimum atomic E-state index is -0.238. The summed E-state index contributed by atoms with van der Waals surface area (Å²) in [5.74, 6) is 0.855. The first-order valence-corrected chi connectivity index (χ1v) is 7.27. The molecule has 7 heteroatoms. The van der Waals surface area contributed by atoms with Crippen LogP contribution in [0.15, 0.2) is 6.07 Å². The van der Waals surface area contributed by atoms with Gasteiger partial charge in [-0.25, -0.2) is 9.50 Å². The van der Waals surface area contributed by atoms with Crippen molar-refractivity contribution in [1.82, 2.24) is 30.2 Å². The lowest BCUT2D eigenvalue weighted by atomic mass is 9.95. The predicted molar refractivity (Wildman–Crippen MR) is 78.2 cm³/mol. The highest BCUT2D eigenvalue weighted by Gasteiger charge is 2.25. The molecule has 1 aliphatic heterocycles. The number of rotatable bonds is 2. The molecule has 2 unspecified atom stereocenters. The van der Waals surface area contributed by atoms with Crippen molar-refractivity contribution in [2.24, 2.45) is 5.92 Å². The van der Waals surface area contributed by atoms with Gasteiger partial charge in [0.15, 0.2) is 0 Å². The van der Waals surface area contributed by atoms with Gasteiger partial charge in [-0.05, 0) is 38.8 Å². The van der Waals surface area contributed by atoms with E-state index in [-0.39, 0.29) is 17.8 Å². The first-order chi connectivity index (χ1) is 10.0. The summed E-state index contributed by atoms with van der Waals surface area (Å²) in [5, 5.41) is 10.6. The zero-order valence-corrected chi connectivity index (χ0v) is 12.6. The number of carbonyl (C=O) groups excluding carboxylic acids is 1. The zero-order valence-electron chi connectivity index (χ0n) is 12.6. The molecule has 112 valence electrons. The number of hydrogen-bond donors (Lipinski definition) is 2. The smallest absolute Gasteiger partial charge is 0.291 e. The van der Waals surface area contributed by atoms with Gasteiger partial charge in [-0.3, -0.25) is 4.79 Å². The molecule has 1 saturated heterocycles. The molecule has 0 aliphatic carbocycles. The quantitative estimate of drug-likeness (QED) is 0.839. The predicted octanol–water partition coefficient (Wildman–Crippen LogP) is 0.469. The normalized spacial score (nSPS) is 22.4. The summed E-state index contributed by atoms with van der Waals surface area (Å²) in [5.41, 5.74) is 1.78. The maximum Gasteiger partial charge on any atom is 0.291 e. The molecule has 2 N–H and O–H groups in total. The van der Waals surface area contributed by atoms with Crippen LogP contribution in [0.3, 0.4) is 0 Å². The minimum absolute atomic E-state index is 0.119. The molecule has 0 radical (unpaired) electrons. The van der Waals surface area contributed by atoms with E-state index in [2.05, 4.69) is 32.6 Å². The zero-order chi connectivity index (χ0) is 15.0. The Labute approximate surface area is 123 Å². The first kappa shape index (κ1) is 13.9. The third-order valence-electron chi connectivity index (χ3n) is 3.97. The second-order valence-electron chi connectivity index (χ2n) is 5.74. The van der Waals surface area contributed by atoms with Gasteiger partial charge in [0.25, 0.3) is 11.7 Å². The van der Waals surface area contributed by atoms with Crippen LogP contribution in [0.25, 0.3) is 5.78 Å². The van der Waals surface area contributed by atoms with Crippen LogP contribution < -0.4 is 10.6 Å². The average molecular weight is 288 g/mol. The lowest BCUT2D eigenvalue weighted by Crippen LogP contribution is -2.50. The van der Waals surface area contributed by atoms with Gasteiger partial charge in [-0.1, -0.05) is 6.92 Å². The Morgan fingerprint density at radius 1 is 1.43 bits per heavy atom. The summed E-state index contributed by atoms with van der Waals surface area (Å²) in [6.45, 7) is 7.76. The highest BCUT2D eigenvalue weighted by atomic mass is 16.2. The van der Waals surface area contributed by atoms with Crippen LogP contribution in [0, 0.1) is 19.8 Å². The number of nitrogens with zero attached hydrogens (tertiary/aromatic N) is 4. The second-order valence-corrected chi connectivity index (χ2v) is 5.74. The van der Waals surface area contributed by atoms with Crippen molar-refractivity contribution < 1.29 is 4.79 Å². The Morgan fingerprint density at radius 2 is 2.24 bits per heavy atom. The Balaban J connectivity index is 1.83. The van der Waals surface area contributed by atoms with E-state index in [0.29, 0.717) is 11.7 Å². The molecular formula is C14H20N6O. The fraction of sp³-hybridized carbons (Fsp3) is 0.571. The summed E-state index contributed by atoms with van der Waals surface area (Å²) < 4.78 is 1.60. The number of hydrogen-bond acceptors (Lipinski definition) is 5. The van der Waals surface area contributed by atoms with Gasteiger partial charge in [-0.2, -0.15) is 4.98 Å². The number of piperidine rings is 1. The molecule has 3 rings (SSSR count). The van der Waals surface area contributed by atoms with Crippen LogP contribution >= 0.6 is 0 Å². The Morgan fingerprint density at radius 3 is 3.00 bits per heavy atom. The van der Waals surface area contributed by atoms with E-state index < -0.39 is 0 Å². The van der Waals surface area contributed by atoms with Crippen molar-refractivity contribution in [2.75, 3.05) is 13.1 Å². The lowest BCUT2D eigenvalue weighted by molar-refractivity contribution is 0.0905. The van der Waals surface area contributed by atoms with E-state index in [1.807, 2.05) is 19.9 Å². The summed E-state index contributed by atoms with van der Waals surface area (Å²) in [4.78, 5) is 20.9. The number of fused-ring (bicyclic) bond motifs is 1. The molecule has 21 heavy (non-hydrogen) atoms. The van der Waals surface area contributed by atoms with Gasteiger partial charge in [0.2, 0.25) is 5.82 Å². The van der Waals surface area contributed by atoms with Gasteiger partial charge in [0.05, 0.1) is 0 Å². The summed E-state index contributed by atoms with van der Waals surface area (Å²) >= 11 is 0. The average Bonchev–Trinajstić information content (AvgIpc) is 2.85. The lowest BCUT2D eigenvalue weighted by Gasteiger charge is -2.29. The second kappa shape index (κ2) is 5.40. The maximum absolute atomic E-state index is 12.3. The van der Waals surface area contributed by atoms with Crippen LogP contribution in [0.2, 0.25) is 0 Å². The number of aromatic nitrogens is 4. The fourth-order valence-corrected chi connectivity index (χ4v) is 2.68. The van der Waals surface area contributed by atoms with E-state index >= 15 is 0 Å². The van der Waals surface area contributed by atoms with Gasteiger partial charge in [0, 0.05) is 24.0 Å². The van der Waals surface area contributed by atoms with Crippen molar-refractivity contribution in [3.63, 3.8) is 0 Å². The molecule has 1 aliphatic rings. The molecule has 1 fully saturated rings. The number of aryl methyl sites for hydroxylation is 2. The molecule has 1 amide bonds. The molecule has 0 aromatic carbocycles. The monoisotopic (exact) mass is 288 g/mol. The number of nitrogens with one attached hydrogen (secondary N) is 2. The Bertz CT molecular complexity index is 679.